The minimum absolute atomic E-state index is 0.104. The molecule has 4 rings (SSSR count). The van der Waals surface area contributed by atoms with E-state index in [9.17, 15) is 28.3 Å². The van der Waals surface area contributed by atoms with Crippen LogP contribution in [0.1, 0.15) is 11.1 Å². The van der Waals surface area contributed by atoms with Crippen LogP contribution in [0.3, 0.4) is 0 Å². The lowest BCUT2D eigenvalue weighted by Crippen LogP contribution is -2.51. The van der Waals surface area contributed by atoms with Crippen LogP contribution >= 0.6 is 11.6 Å². The number of hydrogen-bond acceptors (Lipinski definition) is 6. The highest BCUT2D eigenvalue weighted by molar-refractivity contribution is 6.33. The van der Waals surface area contributed by atoms with E-state index < -0.39 is 47.7 Å². The summed E-state index contributed by atoms with van der Waals surface area (Å²) in [6, 6.07) is 14.8. The van der Waals surface area contributed by atoms with Gasteiger partial charge in [0.2, 0.25) is 0 Å². The largest absolute Gasteiger partial charge is 0.489 e. The summed E-state index contributed by atoms with van der Waals surface area (Å²) in [5.41, 5.74) is 0.629. The first-order valence-corrected chi connectivity index (χ1v) is 12.1. The number of ether oxygens (including phenoxy) is 3. The fourth-order valence-corrected chi connectivity index (χ4v) is 3.97. The van der Waals surface area contributed by atoms with E-state index in [2.05, 4.69) is 10.6 Å². The summed E-state index contributed by atoms with van der Waals surface area (Å²) in [4.78, 5) is 37.4. The number of carbonyl (C=O) groups excluding carboxylic acids is 2. The maximum absolute atomic E-state index is 13.8. The number of rotatable bonds is 10. The molecule has 1 heterocycles. The minimum Gasteiger partial charge on any atom is -0.489 e. The number of carboxylic acids is 1. The number of nitrogens with one attached hydrogen (secondary N) is 2. The number of carbonyl (C=O) groups is 3. The third kappa shape index (κ3) is 7.08. The topological polar surface area (TPSA) is 123 Å². The molecule has 0 aliphatic carbocycles. The number of amides is 2. The Morgan fingerprint density at radius 2 is 1.59 bits per heavy atom. The second-order valence-corrected chi connectivity index (χ2v) is 8.91. The Hall–Kier alpha value is -4.06. The molecular weight excluding hydrogens is 538 g/mol. The van der Waals surface area contributed by atoms with Crippen molar-refractivity contribution in [1.82, 2.24) is 5.32 Å². The summed E-state index contributed by atoms with van der Waals surface area (Å²) in [7, 11) is 0. The lowest BCUT2D eigenvalue weighted by molar-refractivity contribution is -0.144. The number of benzene rings is 3. The van der Waals surface area contributed by atoms with Gasteiger partial charge >= 0.3 is 5.97 Å². The van der Waals surface area contributed by atoms with Crippen LogP contribution < -0.4 is 15.4 Å². The Morgan fingerprint density at radius 3 is 2.23 bits per heavy atom. The maximum atomic E-state index is 13.8. The molecule has 2 amide bonds. The summed E-state index contributed by atoms with van der Waals surface area (Å²) in [5, 5.41) is 14.9. The van der Waals surface area contributed by atoms with Crippen molar-refractivity contribution in [3.63, 3.8) is 0 Å². The Labute approximate surface area is 226 Å². The van der Waals surface area contributed by atoms with E-state index in [-0.39, 0.29) is 30.4 Å². The van der Waals surface area contributed by atoms with Crippen LogP contribution in [0, 0.1) is 11.6 Å². The van der Waals surface area contributed by atoms with Crippen LogP contribution in [0.4, 0.5) is 14.5 Å². The fourth-order valence-electron chi connectivity index (χ4n) is 3.79. The monoisotopic (exact) mass is 560 g/mol. The average Bonchev–Trinajstić information content (AvgIpc) is 3.41. The highest BCUT2D eigenvalue weighted by atomic mass is 35.5. The summed E-state index contributed by atoms with van der Waals surface area (Å²) in [5.74, 6) is -3.99. The molecular formula is C27H23ClF2N2O7. The van der Waals surface area contributed by atoms with E-state index in [1.165, 1.54) is 18.2 Å². The number of aliphatic carboxylic acids is 1. The Bertz CT molecular complexity index is 1340. The first-order valence-electron chi connectivity index (χ1n) is 11.7. The van der Waals surface area contributed by atoms with Gasteiger partial charge in [-0.1, -0.05) is 41.9 Å². The SMILES string of the molecule is O=C(O)C(Cc1ccc(OCc2c(F)cccc2F)cc1)NC(=O)[C@@H]1OCO[C@H]1C(=O)Nc1ccccc1Cl. The van der Waals surface area contributed by atoms with Gasteiger partial charge in [0.15, 0.2) is 12.2 Å². The van der Waals surface area contributed by atoms with Gasteiger partial charge in [-0.25, -0.2) is 13.6 Å². The molecule has 0 radical (unpaired) electrons. The molecule has 1 saturated heterocycles. The van der Waals surface area contributed by atoms with E-state index in [0.717, 1.165) is 12.1 Å². The number of hydrogen-bond donors (Lipinski definition) is 3. The molecule has 9 nitrogen and oxygen atoms in total. The molecule has 204 valence electrons. The average molecular weight is 561 g/mol. The quantitative estimate of drug-likeness (QED) is 0.345. The molecule has 0 aromatic heterocycles. The van der Waals surface area contributed by atoms with Crippen LogP contribution in [0.2, 0.25) is 5.02 Å². The molecule has 1 unspecified atom stereocenters. The molecule has 1 aliphatic rings. The molecule has 0 saturated carbocycles. The third-order valence-electron chi connectivity index (χ3n) is 5.84. The van der Waals surface area contributed by atoms with E-state index in [0.29, 0.717) is 17.0 Å². The Balaban J connectivity index is 1.35. The van der Waals surface area contributed by atoms with Gasteiger partial charge in [-0.2, -0.15) is 0 Å². The molecule has 3 aromatic carbocycles. The Kier molecular flexibility index (Phi) is 9.07. The van der Waals surface area contributed by atoms with Crippen molar-refractivity contribution in [2.45, 2.75) is 31.3 Å². The molecule has 12 heteroatoms. The standard InChI is InChI=1S/C27H23ClF2N2O7/c28-18-4-1-2-7-21(18)31-25(33)23-24(39-14-38-23)26(34)32-22(27(35)36)12-15-8-10-16(11-9-15)37-13-17-19(29)5-3-6-20(17)30/h1-11,22-24H,12-14H2,(H,31,33)(H,32,34)(H,35,36)/t22?,23-,24-/m1/s1. The summed E-state index contributed by atoms with van der Waals surface area (Å²) < 4.78 is 43.5. The van der Waals surface area contributed by atoms with Crippen LogP contribution in [0.5, 0.6) is 5.75 Å². The second-order valence-electron chi connectivity index (χ2n) is 8.50. The lowest BCUT2D eigenvalue weighted by Gasteiger charge is -2.20. The third-order valence-corrected chi connectivity index (χ3v) is 6.17. The van der Waals surface area contributed by atoms with Gasteiger partial charge in [-0.3, -0.25) is 9.59 Å². The predicted octanol–water partition coefficient (Wildman–Crippen LogP) is 3.69. The zero-order chi connectivity index (χ0) is 27.9. The highest BCUT2D eigenvalue weighted by Crippen LogP contribution is 2.23. The number of anilines is 1. The van der Waals surface area contributed by atoms with Gasteiger partial charge in [0.25, 0.3) is 11.8 Å². The zero-order valence-corrected chi connectivity index (χ0v) is 21.0. The molecule has 0 spiro atoms. The van der Waals surface area contributed by atoms with Crippen molar-refractivity contribution in [3.05, 3.63) is 94.5 Å². The highest BCUT2D eigenvalue weighted by Gasteiger charge is 2.41. The van der Waals surface area contributed by atoms with Crippen molar-refractivity contribution in [3.8, 4) is 5.75 Å². The van der Waals surface area contributed by atoms with E-state index in [1.54, 1.807) is 36.4 Å². The van der Waals surface area contributed by atoms with E-state index >= 15 is 0 Å². The number of carboxylic acid groups (broad SMARTS) is 1. The first-order chi connectivity index (χ1) is 18.7. The summed E-state index contributed by atoms with van der Waals surface area (Å²) in [6.07, 6.45) is -2.82. The van der Waals surface area contributed by atoms with E-state index in [4.69, 9.17) is 25.8 Å². The van der Waals surface area contributed by atoms with Crippen LogP contribution in [0.15, 0.2) is 66.7 Å². The van der Waals surface area contributed by atoms with Gasteiger partial charge in [0, 0.05) is 6.42 Å². The Morgan fingerprint density at radius 1 is 0.949 bits per heavy atom. The van der Waals surface area contributed by atoms with Gasteiger partial charge in [-0.15, -0.1) is 0 Å². The number of para-hydroxylation sites is 1. The predicted molar refractivity (Wildman–Crippen MR) is 135 cm³/mol. The van der Waals surface area contributed by atoms with E-state index in [1.807, 2.05) is 0 Å². The fraction of sp³-hybridized carbons (Fsp3) is 0.222. The van der Waals surface area contributed by atoms with Crippen LogP contribution in [0.25, 0.3) is 0 Å². The molecule has 3 atom stereocenters. The summed E-state index contributed by atoms with van der Waals surface area (Å²) >= 11 is 6.05. The number of halogens is 3. The molecule has 1 aliphatic heterocycles. The van der Waals surface area contributed by atoms with Gasteiger partial charge in [0.1, 0.15) is 36.8 Å². The zero-order valence-electron chi connectivity index (χ0n) is 20.2. The molecule has 3 aromatic rings. The van der Waals surface area contributed by atoms with Crippen molar-refractivity contribution in [2.24, 2.45) is 0 Å². The van der Waals surface area contributed by atoms with Crippen LogP contribution in [-0.4, -0.2) is 47.9 Å². The molecule has 1 fully saturated rings. The van der Waals surface area contributed by atoms with Crippen LogP contribution in [-0.2, 0) is 36.9 Å². The van der Waals surface area contributed by atoms with Crippen molar-refractivity contribution in [1.29, 1.82) is 0 Å². The first kappa shape index (κ1) is 28.0. The molecule has 3 N–H and O–H groups in total. The lowest BCUT2D eigenvalue weighted by atomic mass is 10.0. The van der Waals surface area contributed by atoms with Crippen molar-refractivity contribution < 1.29 is 42.5 Å². The minimum atomic E-state index is -1.39. The van der Waals surface area contributed by atoms with Crippen molar-refractivity contribution in [2.75, 3.05) is 12.1 Å². The second kappa shape index (κ2) is 12.7. The van der Waals surface area contributed by atoms with Gasteiger partial charge < -0.3 is 30.0 Å². The van der Waals surface area contributed by atoms with Gasteiger partial charge in [-0.05, 0) is 42.0 Å². The molecule has 39 heavy (non-hydrogen) atoms. The summed E-state index contributed by atoms with van der Waals surface area (Å²) in [6.45, 7) is -0.672. The maximum Gasteiger partial charge on any atom is 0.326 e. The molecule has 0 bridgehead atoms. The smallest absolute Gasteiger partial charge is 0.326 e. The van der Waals surface area contributed by atoms with Gasteiger partial charge in [0.05, 0.1) is 16.3 Å². The van der Waals surface area contributed by atoms with Crippen molar-refractivity contribution >= 4 is 35.1 Å². The normalized spacial score (nSPS) is 17.3.